The second-order valence-corrected chi connectivity index (χ2v) is 7.54. The highest BCUT2D eigenvalue weighted by molar-refractivity contribution is 5.92. The SMILES string of the molecule is CCOC(=O)C1CC1c1nn(-c2cccc(C(C)(F)F)n2)c2cc(NC(C)=O)ncc12. The molecule has 2 unspecified atom stereocenters. The number of hydrogen-bond donors (Lipinski definition) is 1. The highest BCUT2D eigenvalue weighted by Gasteiger charge is 2.47. The van der Waals surface area contributed by atoms with Crippen LogP contribution in [0.4, 0.5) is 14.6 Å². The van der Waals surface area contributed by atoms with Crippen molar-refractivity contribution in [1.29, 1.82) is 0 Å². The first kappa shape index (κ1) is 20.8. The Morgan fingerprint density at radius 1 is 1.35 bits per heavy atom. The molecule has 31 heavy (non-hydrogen) atoms. The number of esters is 1. The van der Waals surface area contributed by atoms with Gasteiger partial charge in [-0.15, -0.1) is 0 Å². The number of pyridine rings is 2. The predicted octanol–water partition coefficient (Wildman–Crippen LogP) is 3.55. The van der Waals surface area contributed by atoms with Crippen molar-refractivity contribution in [3.63, 3.8) is 0 Å². The molecule has 1 N–H and O–H groups in total. The summed E-state index contributed by atoms with van der Waals surface area (Å²) < 4.78 is 34.2. The molecule has 1 aliphatic carbocycles. The van der Waals surface area contributed by atoms with E-state index in [1.54, 1.807) is 25.3 Å². The summed E-state index contributed by atoms with van der Waals surface area (Å²) in [4.78, 5) is 31.9. The van der Waals surface area contributed by atoms with E-state index in [1.165, 1.54) is 23.7 Å². The number of nitrogens with one attached hydrogen (secondary N) is 1. The van der Waals surface area contributed by atoms with Crippen molar-refractivity contribution in [3.05, 3.63) is 41.9 Å². The third-order valence-corrected chi connectivity index (χ3v) is 5.03. The minimum absolute atomic E-state index is 0.160. The van der Waals surface area contributed by atoms with Gasteiger partial charge in [-0.25, -0.2) is 14.6 Å². The van der Waals surface area contributed by atoms with Crippen LogP contribution in [-0.2, 0) is 20.2 Å². The minimum atomic E-state index is -3.11. The average Bonchev–Trinajstić information content (AvgIpc) is 3.41. The second-order valence-electron chi connectivity index (χ2n) is 7.54. The Morgan fingerprint density at radius 2 is 2.13 bits per heavy atom. The summed E-state index contributed by atoms with van der Waals surface area (Å²) in [6, 6.07) is 5.90. The lowest BCUT2D eigenvalue weighted by Gasteiger charge is -2.11. The van der Waals surface area contributed by atoms with E-state index >= 15 is 0 Å². The number of hydrogen-bond acceptors (Lipinski definition) is 6. The fraction of sp³-hybridized carbons (Fsp3) is 0.381. The number of nitrogens with zero attached hydrogens (tertiary/aromatic N) is 4. The Balaban J connectivity index is 1.82. The van der Waals surface area contributed by atoms with E-state index in [0.29, 0.717) is 35.4 Å². The van der Waals surface area contributed by atoms with E-state index in [4.69, 9.17) is 4.74 Å². The molecule has 0 aliphatic heterocycles. The quantitative estimate of drug-likeness (QED) is 0.602. The van der Waals surface area contributed by atoms with Gasteiger partial charge in [0, 0.05) is 37.4 Å². The third kappa shape index (κ3) is 4.10. The molecule has 2 atom stereocenters. The van der Waals surface area contributed by atoms with Crippen LogP contribution in [0.15, 0.2) is 30.5 Å². The van der Waals surface area contributed by atoms with E-state index in [0.717, 1.165) is 6.92 Å². The molecule has 3 aromatic rings. The molecule has 10 heteroatoms. The minimum Gasteiger partial charge on any atom is -0.466 e. The van der Waals surface area contributed by atoms with Crippen molar-refractivity contribution in [2.24, 2.45) is 5.92 Å². The van der Waals surface area contributed by atoms with Gasteiger partial charge in [0.05, 0.1) is 23.7 Å². The number of halogens is 2. The molecular formula is C21H21F2N5O3. The maximum atomic E-state index is 13.8. The number of fused-ring (bicyclic) bond motifs is 1. The van der Waals surface area contributed by atoms with Gasteiger partial charge in [0.2, 0.25) is 5.91 Å². The molecule has 0 spiro atoms. The predicted molar refractivity (Wildman–Crippen MR) is 108 cm³/mol. The van der Waals surface area contributed by atoms with Crippen molar-refractivity contribution in [1.82, 2.24) is 19.7 Å². The van der Waals surface area contributed by atoms with Crippen LogP contribution in [-0.4, -0.2) is 38.2 Å². The first-order valence-electron chi connectivity index (χ1n) is 9.87. The van der Waals surface area contributed by atoms with Crippen molar-refractivity contribution in [2.45, 2.75) is 39.0 Å². The van der Waals surface area contributed by atoms with Crippen LogP contribution < -0.4 is 5.32 Å². The van der Waals surface area contributed by atoms with Crippen molar-refractivity contribution in [3.8, 4) is 5.82 Å². The van der Waals surface area contributed by atoms with Crippen molar-refractivity contribution in [2.75, 3.05) is 11.9 Å². The maximum absolute atomic E-state index is 13.8. The second kappa shape index (κ2) is 7.68. The molecule has 0 bridgehead atoms. The van der Waals surface area contributed by atoms with E-state index in [1.807, 2.05) is 0 Å². The van der Waals surface area contributed by atoms with Gasteiger partial charge in [0.25, 0.3) is 5.92 Å². The largest absolute Gasteiger partial charge is 0.466 e. The zero-order chi connectivity index (χ0) is 22.3. The molecule has 4 rings (SSSR count). The number of alkyl halides is 2. The molecule has 0 saturated heterocycles. The monoisotopic (exact) mass is 429 g/mol. The number of ether oxygens (including phenoxy) is 1. The van der Waals surface area contributed by atoms with E-state index < -0.39 is 5.92 Å². The van der Waals surface area contributed by atoms with Crippen molar-refractivity contribution < 1.29 is 23.1 Å². The van der Waals surface area contributed by atoms with Crippen molar-refractivity contribution >= 4 is 28.6 Å². The average molecular weight is 429 g/mol. The summed E-state index contributed by atoms with van der Waals surface area (Å²) in [6.45, 7) is 4.17. The van der Waals surface area contributed by atoms with Gasteiger partial charge in [0.1, 0.15) is 11.5 Å². The Labute approximate surface area is 176 Å². The summed E-state index contributed by atoms with van der Waals surface area (Å²) >= 11 is 0. The van der Waals surface area contributed by atoms with Crippen LogP contribution in [0.2, 0.25) is 0 Å². The molecule has 3 heterocycles. The summed E-state index contributed by atoms with van der Waals surface area (Å²) in [5.74, 6) is -3.67. The first-order valence-corrected chi connectivity index (χ1v) is 9.87. The van der Waals surface area contributed by atoms with Crippen LogP contribution in [0.3, 0.4) is 0 Å². The Bertz CT molecular complexity index is 1170. The number of carbonyl (C=O) groups excluding carboxylic acids is 2. The van der Waals surface area contributed by atoms with Gasteiger partial charge in [-0.3, -0.25) is 9.59 Å². The van der Waals surface area contributed by atoms with Crippen LogP contribution in [0.5, 0.6) is 0 Å². The third-order valence-electron chi connectivity index (χ3n) is 5.03. The fourth-order valence-electron chi connectivity index (χ4n) is 3.52. The smallest absolute Gasteiger partial charge is 0.309 e. The molecule has 1 fully saturated rings. The standard InChI is InChI=1S/C21H21F2N5O3/c1-4-31-20(30)13-8-12(13)19-14-10-24-17(25-11(2)29)9-15(14)28(27-19)18-7-5-6-16(26-18)21(3,22)23/h5-7,9-10,12-13H,4,8H2,1-3H3,(H,24,25,29). The number of rotatable bonds is 6. The zero-order valence-electron chi connectivity index (χ0n) is 17.2. The molecular weight excluding hydrogens is 408 g/mol. The topological polar surface area (TPSA) is 99.0 Å². The summed E-state index contributed by atoms with van der Waals surface area (Å²) in [7, 11) is 0. The number of anilines is 1. The van der Waals surface area contributed by atoms with Gasteiger partial charge in [-0.2, -0.15) is 13.9 Å². The normalized spacial score (nSPS) is 18.1. The molecule has 1 aliphatic rings. The molecule has 0 radical (unpaired) electrons. The Hall–Kier alpha value is -3.43. The Morgan fingerprint density at radius 3 is 2.81 bits per heavy atom. The van der Waals surface area contributed by atoms with Gasteiger partial charge in [-0.1, -0.05) is 6.07 Å². The summed E-state index contributed by atoms with van der Waals surface area (Å²) in [5.41, 5.74) is 0.764. The zero-order valence-corrected chi connectivity index (χ0v) is 17.2. The summed E-state index contributed by atoms with van der Waals surface area (Å²) in [6.07, 6.45) is 2.14. The van der Waals surface area contributed by atoms with Crippen LogP contribution in [0, 0.1) is 5.92 Å². The first-order chi connectivity index (χ1) is 14.7. The van der Waals surface area contributed by atoms with Gasteiger partial charge in [-0.05, 0) is 25.5 Å². The summed E-state index contributed by atoms with van der Waals surface area (Å²) in [5, 5.41) is 7.86. The Kier molecular flexibility index (Phi) is 5.16. The molecule has 1 saturated carbocycles. The molecule has 3 aromatic heterocycles. The lowest BCUT2D eigenvalue weighted by molar-refractivity contribution is -0.144. The fourth-order valence-corrected chi connectivity index (χ4v) is 3.52. The molecule has 0 aromatic carbocycles. The van der Waals surface area contributed by atoms with E-state index in [9.17, 15) is 18.4 Å². The van der Waals surface area contributed by atoms with Gasteiger partial charge >= 0.3 is 5.97 Å². The van der Waals surface area contributed by atoms with Crippen LogP contribution in [0.1, 0.15) is 44.5 Å². The number of aromatic nitrogens is 4. The van der Waals surface area contributed by atoms with Gasteiger partial charge < -0.3 is 10.1 Å². The number of carbonyl (C=O) groups is 2. The van der Waals surface area contributed by atoms with E-state index in [-0.39, 0.29) is 35.2 Å². The lowest BCUT2D eigenvalue weighted by atomic mass is 10.1. The lowest BCUT2D eigenvalue weighted by Crippen LogP contribution is -2.12. The van der Waals surface area contributed by atoms with Gasteiger partial charge in [0.15, 0.2) is 5.82 Å². The molecule has 162 valence electrons. The van der Waals surface area contributed by atoms with Crippen LogP contribution >= 0.6 is 0 Å². The molecule has 1 amide bonds. The number of amides is 1. The molecule has 8 nitrogen and oxygen atoms in total. The highest BCUT2D eigenvalue weighted by atomic mass is 19.3. The van der Waals surface area contributed by atoms with E-state index in [2.05, 4.69) is 20.4 Å². The van der Waals surface area contributed by atoms with Crippen LogP contribution in [0.25, 0.3) is 16.7 Å². The highest BCUT2D eigenvalue weighted by Crippen LogP contribution is 2.49. The maximum Gasteiger partial charge on any atom is 0.309 e.